The number of benzene rings is 1. The third-order valence-corrected chi connectivity index (χ3v) is 4.70. The highest BCUT2D eigenvalue weighted by molar-refractivity contribution is 5.79. The highest BCUT2D eigenvalue weighted by Crippen LogP contribution is 2.14. The number of esters is 1. The zero-order valence-corrected chi connectivity index (χ0v) is 17.2. The van der Waals surface area contributed by atoms with Crippen LogP contribution in [-0.4, -0.2) is 63.3 Å². The van der Waals surface area contributed by atoms with Crippen LogP contribution in [0.15, 0.2) is 29.3 Å². The minimum absolute atomic E-state index is 0.155. The Balaban J connectivity index is 1.86. The predicted octanol–water partition coefficient (Wildman–Crippen LogP) is 1.92. The first-order valence-electron chi connectivity index (χ1n) is 10.2. The standard InChI is InChI=1S/C21H34N4O3/c1-3-22-21(23-11-7-6-10-20(26)27-2)24-16-18-8-4-5-9-19(18)17-25-12-14-28-15-13-25/h4-5,8-9H,3,6-7,10-17H2,1-2H3,(H2,22,23,24). The molecule has 1 fully saturated rings. The zero-order chi connectivity index (χ0) is 20.0. The summed E-state index contributed by atoms with van der Waals surface area (Å²) in [6.07, 6.45) is 2.16. The summed E-state index contributed by atoms with van der Waals surface area (Å²) >= 11 is 0. The number of hydrogen-bond acceptors (Lipinski definition) is 5. The van der Waals surface area contributed by atoms with E-state index in [-0.39, 0.29) is 5.97 Å². The molecule has 156 valence electrons. The molecular formula is C21H34N4O3. The van der Waals surface area contributed by atoms with Gasteiger partial charge >= 0.3 is 5.97 Å². The number of aliphatic imine (C=N–C) groups is 1. The molecule has 0 radical (unpaired) electrons. The van der Waals surface area contributed by atoms with E-state index in [4.69, 9.17) is 9.73 Å². The Morgan fingerprint density at radius 3 is 2.64 bits per heavy atom. The van der Waals surface area contributed by atoms with E-state index < -0.39 is 0 Å². The fraction of sp³-hybridized carbons (Fsp3) is 0.619. The Hall–Kier alpha value is -2.12. The molecule has 1 aromatic rings. The third-order valence-electron chi connectivity index (χ3n) is 4.70. The Bertz CT molecular complexity index is 615. The lowest BCUT2D eigenvalue weighted by molar-refractivity contribution is -0.140. The van der Waals surface area contributed by atoms with Crippen LogP contribution in [0.3, 0.4) is 0 Å². The SMILES string of the molecule is CCNC(=NCc1ccccc1CN1CCOCC1)NCCCCC(=O)OC. The summed E-state index contributed by atoms with van der Waals surface area (Å²) in [5.74, 6) is 0.652. The van der Waals surface area contributed by atoms with Crippen molar-refractivity contribution in [2.75, 3.05) is 46.5 Å². The molecule has 1 heterocycles. The number of guanidine groups is 1. The Kier molecular flexibility index (Phi) is 10.4. The van der Waals surface area contributed by atoms with Gasteiger partial charge in [0.05, 0.1) is 26.9 Å². The molecule has 7 heteroatoms. The number of morpholine rings is 1. The van der Waals surface area contributed by atoms with Gasteiger partial charge in [-0.2, -0.15) is 0 Å². The summed E-state index contributed by atoms with van der Waals surface area (Å²) < 4.78 is 10.1. The lowest BCUT2D eigenvalue weighted by Crippen LogP contribution is -2.38. The third kappa shape index (κ3) is 8.27. The van der Waals surface area contributed by atoms with Gasteiger partial charge in [0, 0.05) is 39.1 Å². The largest absolute Gasteiger partial charge is 0.469 e. The van der Waals surface area contributed by atoms with E-state index in [0.717, 1.165) is 64.7 Å². The molecule has 28 heavy (non-hydrogen) atoms. The summed E-state index contributed by atoms with van der Waals surface area (Å²) in [6, 6.07) is 8.50. The van der Waals surface area contributed by atoms with Crippen molar-refractivity contribution in [3.63, 3.8) is 0 Å². The first kappa shape index (κ1) is 22.2. The number of carbonyl (C=O) groups excluding carboxylic acids is 1. The van der Waals surface area contributed by atoms with Crippen LogP contribution < -0.4 is 10.6 Å². The monoisotopic (exact) mass is 390 g/mol. The maximum Gasteiger partial charge on any atom is 0.305 e. The average Bonchev–Trinajstić information content (AvgIpc) is 2.73. The van der Waals surface area contributed by atoms with Crippen molar-refractivity contribution in [3.05, 3.63) is 35.4 Å². The van der Waals surface area contributed by atoms with Crippen LogP contribution in [0.25, 0.3) is 0 Å². The number of nitrogens with zero attached hydrogens (tertiary/aromatic N) is 2. The quantitative estimate of drug-likeness (QED) is 0.275. The second kappa shape index (κ2) is 13.1. The molecule has 0 unspecified atom stereocenters. The molecule has 0 saturated carbocycles. The predicted molar refractivity (Wildman–Crippen MR) is 111 cm³/mol. The van der Waals surface area contributed by atoms with Gasteiger partial charge in [0.2, 0.25) is 0 Å². The van der Waals surface area contributed by atoms with Crippen molar-refractivity contribution in [2.45, 2.75) is 39.3 Å². The van der Waals surface area contributed by atoms with E-state index in [2.05, 4.69) is 51.5 Å². The molecule has 0 amide bonds. The summed E-state index contributed by atoms with van der Waals surface area (Å²) in [7, 11) is 1.42. The van der Waals surface area contributed by atoms with E-state index in [1.165, 1.54) is 18.2 Å². The fourth-order valence-electron chi connectivity index (χ4n) is 3.08. The molecule has 2 rings (SSSR count). The van der Waals surface area contributed by atoms with E-state index >= 15 is 0 Å². The molecule has 0 bridgehead atoms. The van der Waals surface area contributed by atoms with Crippen LogP contribution in [0.2, 0.25) is 0 Å². The van der Waals surface area contributed by atoms with Gasteiger partial charge in [-0.1, -0.05) is 24.3 Å². The Labute approximate surface area is 168 Å². The summed E-state index contributed by atoms with van der Waals surface area (Å²) in [5, 5.41) is 6.63. The molecule has 0 aliphatic carbocycles. The molecule has 1 aromatic carbocycles. The van der Waals surface area contributed by atoms with Gasteiger partial charge in [-0.05, 0) is 30.9 Å². The first-order valence-corrected chi connectivity index (χ1v) is 10.2. The van der Waals surface area contributed by atoms with Crippen molar-refractivity contribution >= 4 is 11.9 Å². The molecule has 0 spiro atoms. The van der Waals surface area contributed by atoms with E-state index in [9.17, 15) is 4.79 Å². The molecular weight excluding hydrogens is 356 g/mol. The number of hydrogen-bond donors (Lipinski definition) is 2. The number of rotatable bonds is 10. The van der Waals surface area contributed by atoms with Gasteiger partial charge in [0.1, 0.15) is 0 Å². The maximum absolute atomic E-state index is 11.2. The number of nitrogens with one attached hydrogen (secondary N) is 2. The van der Waals surface area contributed by atoms with E-state index in [1.807, 2.05) is 0 Å². The van der Waals surface area contributed by atoms with Gasteiger partial charge in [-0.25, -0.2) is 4.99 Å². The van der Waals surface area contributed by atoms with Crippen LogP contribution >= 0.6 is 0 Å². The van der Waals surface area contributed by atoms with Crippen molar-refractivity contribution in [3.8, 4) is 0 Å². The van der Waals surface area contributed by atoms with Crippen molar-refractivity contribution < 1.29 is 14.3 Å². The summed E-state index contributed by atoms with van der Waals surface area (Å²) in [4.78, 5) is 18.3. The van der Waals surface area contributed by atoms with E-state index in [0.29, 0.717) is 13.0 Å². The Morgan fingerprint density at radius 1 is 1.18 bits per heavy atom. The molecule has 1 aliphatic rings. The molecule has 0 atom stereocenters. The summed E-state index contributed by atoms with van der Waals surface area (Å²) in [6.45, 7) is 8.80. The van der Waals surface area contributed by atoms with E-state index in [1.54, 1.807) is 0 Å². The topological polar surface area (TPSA) is 75.2 Å². The van der Waals surface area contributed by atoms with Crippen molar-refractivity contribution in [1.29, 1.82) is 0 Å². The van der Waals surface area contributed by atoms with Crippen LogP contribution in [0.1, 0.15) is 37.3 Å². The highest BCUT2D eigenvalue weighted by Gasteiger charge is 2.12. The Morgan fingerprint density at radius 2 is 1.93 bits per heavy atom. The second-order valence-corrected chi connectivity index (χ2v) is 6.81. The van der Waals surface area contributed by atoms with Crippen molar-refractivity contribution in [2.24, 2.45) is 4.99 Å². The number of methoxy groups -OCH3 is 1. The number of unbranched alkanes of at least 4 members (excludes halogenated alkanes) is 1. The van der Waals surface area contributed by atoms with Crippen LogP contribution in [0.5, 0.6) is 0 Å². The molecule has 0 aromatic heterocycles. The molecule has 7 nitrogen and oxygen atoms in total. The highest BCUT2D eigenvalue weighted by atomic mass is 16.5. The number of ether oxygens (including phenoxy) is 2. The van der Waals surface area contributed by atoms with Gasteiger partial charge in [-0.3, -0.25) is 9.69 Å². The minimum atomic E-state index is -0.155. The zero-order valence-electron chi connectivity index (χ0n) is 17.2. The van der Waals surface area contributed by atoms with Crippen LogP contribution in [-0.2, 0) is 27.4 Å². The molecule has 1 saturated heterocycles. The second-order valence-electron chi connectivity index (χ2n) is 6.81. The minimum Gasteiger partial charge on any atom is -0.469 e. The van der Waals surface area contributed by atoms with Gasteiger partial charge < -0.3 is 20.1 Å². The maximum atomic E-state index is 11.2. The fourth-order valence-corrected chi connectivity index (χ4v) is 3.08. The van der Waals surface area contributed by atoms with Gasteiger partial charge in [0.25, 0.3) is 0 Å². The van der Waals surface area contributed by atoms with Gasteiger partial charge in [-0.15, -0.1) is 0 Å². The average molecular weight is 391 g/mol. The van der Waals surface area contributed by atoms with Crippen LogP contribution in [0.4, 0.5) is 0 Å². The first-order chi connectivity index (χ1) is 13.7. The normalized spacial score (nSPS) is 15.3. The smallest absolute Gasteiger partial charge is 0.305 e. The van der Waals surface area contributed by atoms with Gasteiger partial charge in [0.15, 0.2) is 5.96 Å². The van der Waals surface area contributed by atoms with Crippen LogP contribution in [0, 0.1) is 0 Å². The number of carbonyl (C=O) groups is 1. The lowest BCUT2D eigenvalue weighted by atomic mass is 10.1. The summed E-state index contributed by atoms with van der Waals surface area (Å²) in [5.41, 5.74) is 2.57. The van der Waals surface area contributed by atoms with Crippen molar-refractivity contribution in [1.82, 2.24) is 15.5 Å². The lowest BCUT2D eigenvalue weighted by Gasteiger charge is -2.27. The molecule has 1 aliphatic heterocycles. The molecule has 2 N–H and O–H groups in total.